The highest BCUT2D eigenvalue weighted by Crippen LogP contribution is 2.39. The predicted octanol–water partition coefficient (Wildman–Crippen LogP) is 4.20. The van der Waals surface area contributed by atoms with Crippen molar-refractivity contribution in [3.8, 4) is 11.5 Å². The largest absolute Gasteiger partial charge is 0.450 e. The van der Waals surface area contributed by atoms with Crippen molar-refractivity contribution < 1.29 is 22.5 Å². The van der Waals surface area contributed by atoms with Crippen molar-refractivity contribution in [3.05, 3.63) is 75.9 Å². The Kier molecular flexibility index (Phi) is 5.40. The topological polar surface area (TPSA) is 129 Å². The minimum atomic E-state index is -4.07. The molecule has 3 heterocycles. The number of nitrogens with one attached hydrogen (secondary N) is 1. The molecule has 0 amide bonds. The molecular weight excluding hydrogens is 465 g/mol. The van der Waals surface area contributed by atoms with Crippen LogP contribution < -0.4 is 10.1 Å². The number of hydrogen-bond acceptors (Lipinski definition) is 8. The van der Waals surface area contributed by atoms with E-state index in [1.54, 1.807) is 18.2 Å². The average molecular weight is 478 g/mol. The average Bonchev–Trinajstić information content (AvgIpc) is 3.12. The van der Waals surface area contributed by atoms with Crippen LogP contribution in [-0.2, 0) is 10.0 Å². The van der Waals surface area contributed by atoms with Gasteiger partial charge in [0, 0.05) is 7.05 Å². The summed E-state index contributed by atoms with van der Waals surface area (Å²) in [4.78, 5) is 18.1. The van der Waals surface area contributed by atoms with Gasteiger partial charge in [-0.05, 0) is 28.1 Å². The third kappa shape index (κ3) is 3.59. The number of nitro groups is 1. The molecule has 0 unspecified atom stereocenters. The number of pyridine rings is 2. The molecule has 13 heteroatoms. The third-order valence-corrected chi connectivity index (χ3v) is 6.49. The molecule has 1 N–H and O–H groups in total. The van der Waals surface area contributed by atoms with Crippen molar-refractivity contribution in [2.75, 3.05) is 12.4 Å². The van der Waals surface area contributed by atoms with Crippen LogP contribution in [0.5, 0.6) is 11.5 Å². The lowest BCUT2D eigenvalue weighted by Crippen LogP contribution is -2.12. The summed E-state index contributed by atoms with van der Waals surface area (Å²) in [5, 5.41) is 13.4. The Balaban J connectivity index is 1.75. The lowest BCUT2D eigenvalue weighted by Gasteiger charge is -2.10. The summed E-state index contributed by atoms with van der Waals surface area (Å²) in [6.45, 7) is 0. The van der Waals surface area contributed by atoms with Crippen molar-refractivity contribution >= 4 is 44.2 Å². The van der Waals surface area contributed by atoms with Gasteiger partial charge in [-0.25, -0.2) is 21.8 Å². The van der Waals surface area contributed by atoms with Crippen molar-refractivity contribution in [2.24, 2.45) is 0 Å². The molecule has 0 fully saturated rings. The molecule has 10 nitrogen and oxygen atoms in total. The van der Waals surface area contributed by atoms with E-state index >= 15 is 0 Å². The van der Waals surface area contributed by atoms with Gasteiger partial charge in [0.05, 0.1) is 22.7 Å². The summed E-state index contributed by atoms with van der Waals surface area (Å²) >= 11 is 6.18. The van der Waals surface area contributed by atoms with Gasteiger partial charge < -0.3 is 20.2 Å². The van der Waals surface area contributed by atoms with E-state index in [0.29, 0.717) is 0 Å². The fourth-order valence-corrected chi connectivity index (χ4v) is 4.59. The maximum absolute atomic E-state index is 14.6. The Bertz CT molecular complexity index is 1460. The maximum atomic E-state index is 14.6. The van der Waals surface area contributed by atoms with E-state index in [0.717, 1.165) is 16.4 Å². The van der Waals surface area contributed by atoms with Gasteiger partial charge in [0.1, 0.15) is 10.8 Å². The first kappa shape index (κ1) is 21.5. The molecule has 0 bridgehead atoms. The van der Waals surface area contributed by atoms with Gasteiger partial charge in [-0.15, -0.1) is 0 Å². The summed E-state index contributed by atoms with van der Waals surface area (Å²) in [5.74, 6) is -1.35. The molecule has 1 aromatic carbocycles. The number of ether oxygens (including phenoxy) is 1. The van der Waals surface area contributed by atoms with Gasteiger partial charge in [-0.2, -0.15) is 0 Å². The Morgan fingerprint density at radius 1 is 1.22 bits per heavy atom. The zero-order valence-electron chi connectivity index (χ0n) is 16.2. The SMILES string of the molecule is CNc1c([N+](=O)[O-])ncc(Oc2cnc3c(c2)c(F)cn3S(=O)(=O)c2ccccc2)c1Cl. The van der Waals surface area contributed by atoms with Crippen LogP contribution in [0, 0.1) is 15.9 Å². The zero-order valence-corrected chi connectivity index (χ0v) is 17.8. The van der Waals surface area contributed by atoms with Crippen LogP contribution in [0.4, 0.5) is 15.9 Å². The van der Waals surface area contributed by atoms with Gasteiger partial charge in [0.2, 0.25) is 0 Å². The van der Waals surface area contributed by atoms with Gasteiger partial charge in [0.25, 0.3) is 10.0 Å². The molecule has 32 heavy (non-hydrogen) atoms. The van der Waals surface area contributed by atoms with E-state index in [2.05, 4.69) is 15.3 Å². The number of hydrogen-bond donors (Lipinski definition) is 1. The minimum absolute atomic E-state index is 0.0193. The third-order valence-electron chi connectivity index (χ3n) is 4.45. The number of halogens is 2. The van der Waals surface area contributed by atoms with E-state index < -0.39 is 26.6 Å². The Morgan fingerprint density at radius 3 is 2.59 bits per heavy atom. The molecule has 3 aromatic heterocycles. The predicted molar refractivity (Wildman–Crippen MR) is 114 cm³/mol. The lowest BCUT2D eigenvalue weighted by atomic mass is 10.3. The van der Waals surface area contributed by atoms with Crippen molar-refractivity contribution in [1.29, 1.82) is 0 Å². The van der Waals surface area contributed by atoms with Crippen LogP contribution >= 0.6 is 11.6 Å². The van der Waals surface area contributed by atoms with Crippen LogP contribution in [0.1, 0.15) is 0 Å². The summed E-state index contributed by atoms with van der Waals surface area (Å²) in [6.07, 6.45) is 3.05. The van der Waals surface area contributed by atoms with Crippen LogP contribution in [0.2, 0.25) is 5.02 Å². The van der Waals surface area contributed by atoms with Crippen LogP contribution in [0.25, 0.3) is 11.0 Å². The number of nitrogens with zero attached hydrogens (tertiary/aromatic N) is 4. The normalized spacial score (nSPS) is 11.5. The van der Waals surface area contributed by atoms with E-state index in [-0.39, 0.29) is 38.1 Å². The molecule has 0 saturated carbocycles. The minimum Gasteiger partial charge on any atom is -0.450 e. The maximum Gasteiger partial charge on any atom is 0.388 e. The molecule has 0 aliphatic carbocycles. The molecule has 0 aliphatic heterocycles. The van der Waals surface area contributed by atoms with Gasteiger partial charge in [-0.3, -0.25) is 0 Å². The van der Waals surface area contributed by atoms with Crippen molar-refractivity contribution in [1.82, 2.24) is 13.9 Å². The number of benzene rings is 1. The van der Waals surface area contributed by atoms with Crippen LogP contribution in [0.3, 0.4) is 0 Å². The van der Waals surface area contributed by atoms with Gasteiger partial charge in [0.15, 0.2) is 29.1 Å². The van der Waals surface area contributed by atoms with E-state index in [1.807, 2.05) is 0 Å². The molecule has 4 aromatic rings. The smallest absolute Gasteiger partial charge is 0.388 e. The zero-order chi connectivity index (χ0) is 23.0. The Morgan fingerprint density at radius 2 is 1.94 bits per heavy atom. The second-order valence-corrected chi connectivity index (χ2v) is 8.57. The van der Waals surface area contributed by atoms with Crippen molar-refractivity contribution in [3.63, 3.8) is 0 Å². The van der Waals surface area contributed by atoms with E-state index in [9.17, 15) is 22.9 Å². The molecular formula is C19H13ClFN5O5S. The summed E-state index contributed by atoms with van der Waals surface area (Å²) in [7, 11) is -2.65. The number of rotatable bonds is 6. The van der Waals surface area contributed by atoms with Crippen LogP contribution in [-0.4, -0.2) is 34.3 Å². The Hall–Kier alpha value is -3.77. The van der Waals surface area contributed by atoms with Crippen molar-refractivity contribution in [2.45, 2.75) is 4.90 Å². The highest BCUT2D eigenvalue weighted by atomic mass is 35.5. The molecule has 164 valence electrons. The second kappa shape index (κ2) is 8.05. The first-order chi connectivity index (χ1) is 15.2. The fourth-order valence-electron chi connectivity index (χ4n) is 2.99. The molecule has 4 rings (SSSR count). The van der Waals surface area contributed by atoms with E-state index in [1.165, 1.54) is 31.4 Å². The summed E-state index contributed by atoms with van der Waals surface area (Å²) < 4.78 is 46.7. The number of aromatic nitrogens is 3. The molecule has 0 saturated heterocycles. The number of anilines is 1. The highest BCUT2D eigenvalue weighted by Gasteiger charge is 2.25. The lowest BCUT2D eigenvalue weighted by molar-refractivity contribution is -0.388. The highest BCUT2D eigenvalue weighted by molar-refractivity contribution is 7.90. The van der Waals surface area contributed by atoms with Gasteiger partial charge >= 0.3 is 5.82 Å². The molecule has 0 spiro atoms. The molecule has 0 atom stereocenters. The molecule has 0 aliphatic rings. The first-order valence-corrected chi connectivity index (χ1v) is 10.7. The molecule has 0 radical (unpaired) electrons. The second-order valence-electron chi connectivity index (χ2n) is 6.38. The van der Waals surface area contributed by atoms with Gasteiger partial charge in [-0.1, -0.05) is 29.8 Å². The summed E-state index contributed by atoms with van der Waals surface area (Å²) in [5.41, 5.74) is -0.197. The monoisotopic (exact) mass is 477 g/mol. The standard InChI is InChI=1S/C19H13ClFN5O5S/c1-22-17-16(20)15(9-24-19(17)26(27)28)31-11-7-13-14(21)10-25(18(13)23-8-11)32(29,30)12-5-3-2-4-6-12/h2-10,22H,1H3. The van der Waals surface area contributed by atoms with Crippen LogP contribution in [0.15, 0.2) is 59.9 Å². The fraction of sp³-hybridized carbons (Fsp3) is 0.0526. The van der Waals surface area contributed by atoms with E-state index in [4.69, 9.17) is 16.3 Å². The summed E-state index contributed by atoms with van der Waals surface area (Å²) in [6, 6.07) is 8.78. The quantitative estimate of drug-likeness (QED) is 0.323. The first-order valence-electron chi connectivity index (χ1n) is 8.89. The Labute approximate surface area is 185 Å². The number of fused-ring (bicyclic) bond motifs is 1.